The molecular formula is C11H21N5. The highest BCUT2D eigenvalue weighted by Gasteiger charge is 2.15. The second-order valence-corrected chi connectivity index (χ2v) is 4.79. The third kappa shape index (κ3) is 3.28. The number of nitrogens with zero attached hydrogens (tertiary/aromatic N) is 4. The predicted octanol–water partition coefficient (Wildman–Crippen LogP) is 0.246. The summed E-state index contributed by atoms with van der Waals surface area (Å²) in [7, 11) is 4.06. The second-order valence-electron chi connectivity index (χ2n) is 4.79. The number of aromatic nitrogens is 3. The second kappa shape index (κ2) is 5.41. The van der Waals surface area contributed by atoms with Crippen molar-refractivity contribution in [2.24, 2.45) is 13.0 Å². The van der Waals surface area contributed by atoms with Gasteiger partial charge in [0, 0.05) is 26.3 Å². The van der Waals surface area contributed by atoms with Crippen LogP contribution in [0, 0.1) is 5.92 Å². The molecule has 1 aliphatic heterocycles. The molecule has 1 unspecified atom stereocenters. The van der Waals surface area contributed by atoms with E-state index in [1.165, 1.54) is 19.4 Å². The smallest absolute Gasteiger partial charge is 0.0966 e. The van der Waals surface area contributed by atoms with E-state index < -0.39 is 0 Å². The van der Waals surface area contributed by atoms with Gasteiger partial charge in [0.15, 0.2) is 0 Å². The van der Waals surface area contributed by atoms with Gasteiger partial charge in [-0.25, -0.2) is 0 Å². The lowest BCUT2D eigenvalue weighted by Crippen LogP contribution is -2.36. The molecular weight excluding hydrogens is 202 g/mol. The average Bonchev–Trinajstić information content (AvgIpc) is 2.65. The van der Waals surface area contributed by atoms with Gasteiger partial charge in [-0.3, -0.25) is 4.68 Å². The number of hydrogen-bond acceptors (Lipinski definition) is 4. The van der Waals surface area contributed by atoms with Gasteiger partial charge in [0.2, 0.25) is 0 Å². The SMILES string of the molecule is CN(Cc1cn(C)nn1)CC1CCCNC1. The number of piperidine rings is 1. The van der Waals surface area contributed by atoms with Crippen molar-refractivity contribution in [3.05, 3.63) is 11.9 Å². The van der Waals surface area contributed by atoms with Crippen LogP contribution in [-0.4, -0.2) is 46.6 Å². The van der Waals surface area contributed by atoms with E-state index in [9.17, 15) is 0 Å². The van der Waals surface area contributed by atoms with Crippen molar-refractivity contribution in [1.29, 1.82) is 0 Å². The predicted molar refractivity (Wildman–Crippen MR) is 62.9 cm³/mol. The van der Waals surface area contributed by atoms with Crippen LogP contribution in [0.4, 0.5) is 0 Å². The summed E-state index contributed by atoms with van der Waals surface area (Å²) >= 11 is 0. The summed E-state index contributed by atoms with van der Waals surface area (Å²) in [5.74, 6) is 0.787. The van der Waals surface area contributed by atoms with Crippen LogP contribution < -0.4 is 5.32 Å². The third-order valence-corrected chi connectivity index (χ3v) is 3.05. The zero-order chi connectivity index (χ0) is 11.4. The Labute approximate surface area is 96.8 Å². The standard InChI is InChI=1S/C11H21N5/c1-15(7-10-4-3-5-12-6-10)8-11-9-16(2)14-13-11/h9-10,12H,3-8H2,1-2H3. The largest absolute Gasteiger partial charge is 0.316 e. The lowest BCUT2D eigenvalue weighted by Gasteiger charge is -2.27. The van der Waals surface area contributed by atoms with E-state index in [4.69, 9.17) is 0 Å². The molecule has 1 atom stereocenters. The molecule has 5 nitrogen and oxygen atoms in total. The Morgan fingerprint density at radius 2 is 2.50 bits per heavy atom. The van der Waals surface area contributed by atoms with Crippen molar-refractivity contribution in [1.82, 2.24) is 25.2 Å². The fourth-order valence-corrected chi connectivity index (χ4v) is 2.33. The number of aryl methyl sites for hydroxylation is 1. The minimum Gasteiger partial charge on any atom is -0.316 e. The van der Waals surface area contributed by atoms with Crippen LogP contribution in [0.1, 0.15) is 18.5 Å². The van der Waals surface area contributed by atoms with Crippen molar-refractivity contribution in [3.63, 3.8) is 0 Å². The summed E-state index contributed by atoms with van der Waals surface area (Å²) < 4.78 is 1.76. The molecule has 1 fully saturated rings. The highest BCUT2D eigenvalue weighted by molar-refractivity contribution is 4.91. The van der Waals surface area contributed by atoms with Gasteiger partial charge in [-0.15, -0.1) is 5.10 Å². The van der Waals surface area contributed by atoms with E-state index in [0.29, 0.717) is 0 Å². The first-order chi connectivity index (χ1) is 7.74. The molecule has 0 radical (unpaired) electrons. The molecule has 1 aromatic rings. The summed E-state index contributed by atoms with van der Waals surface area (Å²) in [6.45, 7) is 4.38. The van der Waals surface area contributed by atoms with Crippen molar-refractivity contribution in [2.75, 3.05) is 26.7 Å². The summed E-state index contributed by atoms with van der Waals surface area (Å²) in [6.07, 6.45) is 4.64. The maximum atomic E-state index is 4.10. The minimum absolute atomic E-state index is 0.787. The highest BCUT2D eigenvalue weighted by atomic mass is 15.4. The molecule has 0 aliphatic carbocycles. The summed E-state index contributed by atoms with van der Waals surface area (Å²) in [5.41, 5.74) is 1.05. The first kappa shape index (κ1) is 11.5. The molecule has 2 rings (SSSR count). The van der Waals surface area contributed by atoms with Crippen molar-refractivity contribution >= 4 is 0 Å². The van der Waals surface area contributed by atoms with Crippen molar-refractivity contribution < 1.29 is 0 Å². The number of nitrogens with one attached hydrogen (secondary N) is 1. The van der Waals surface area contributed by atoms with E-state index in [1.54, 1.807) is 4.68 Å². The molecule has 1 aromatic heterocycles. The van der Waals surface area contributed by atoms with Crippen LogP contribution in [0.15, 0.2) is 6.20 Å². The Hall–Kier alpha value is -0.940. The molecule has 0 bridgehead atoms. The van der Waals surface area contributed by atoms with Gasteiger partial charge < -0.3 is 10.2 Å². The lowest BCUT2D eigenvalue weighted by molar-refractivity contribution is 0.235. The molecule has 0 spiro atoms. The summed E-state index contributed by atoms with van der Waals surface area (Å²) in [6, 6.07) is 0. The van der Waals surface area contributed by atoms with Crippen LogP contribution in [0.25, 0.3) is 0 Å². The van der Waals surface area contributed by atoms with Gasteiger partial charge in [-0.2, -0.15) is 0 Å². The van der Waals surface area contributed by atoms with Crippen LogP contribution in [0.3, 0.4) is 0 Å². The molecule has 0 aromatic carbocycles. The molecule has 0 saturated carbocycles. The molecule has 1 N–H and O–H groups in total. The molecule has 2 heterocycles. The van der Waals surface area contributed by atoms with Gasteiger partial charge in [0.1, 0.15) is 0 Å². The Morgan fingerprint density at radius 1 is 1.62 bits per heavy atom. The monoisotopic (exact) mass is 223 g/mol. The van der Waals surface area contributed by atoms with E-state index in [2.05, 4.69) is 27.6 Å². The molecule has 0 amide bonds. The Kier molecular flexibility index (Phi) is 3.90. The normalized spacial score (nSPS) is 21.6. The van der Waals surface area contributed by atoms with Crippen molar-refractivity contribution in [3.8, 4) is 0 Å². The van der Waals surface area contributed by atoms with Crippen LogP contribution >= 0.6 is 0 Å². The van der Waals surface area contributed by atoms with Gasteiger partial charge in [-0.05, 0) is 38.9 Å². The van der Waals surface area contributed by atoms with Crippen LogP contribution in [0.5, 0.6) is 0 Å². The Bertz CT molecular complexity index is 316. The maximum absolute atomic E-state index is 4.10. The summed E-state index contributed by atoms with van der Waals surface area (Å²) in [4.78, 5) is 2.34. The zero-order valence-corrected chi connectivity index (χ0v) is 10.2. The van der Waals surface area contributed by atoms with Gasteiger partial charge in [-0.1, -0.05) is 5.21 Å². The molecule has 16 heavy (non-hydrogen) atoms. The molecule has 5 heteroatoms. The zero-order valence-electron chi connectivity index (χ0n) is 10.2. The lowest BCUT2D eigenvalue weighted by atomic mass is 9.99. The van der Waals surface area contributed by atoms with Gasteiger partial charge >= 0.3 is 0 Å². The van der Waals surface area contributed by atoms with E-state index in [-0.39, 0.29) is 0 Å². The number of rotatable bonds is 4. The third-order valence-electron chi connectivity index (χ3n) is 3.05. The number of hydrogen-bond donors (Lipinski definition) is 1. The first-order valence-electron chi connectivity index (χ1n) is 5.98. The van der Waals surface area contributed by atoms with Crippen molar-refractivity contribution in [2.45, 2.75) is 19.4 Å². The molecule has 90 valence electrons. The fourth-order valence-electron chi connectivity index (χ4n) is 2.33. The summed E-state index contributed by atoms with van der Waals surface area (Å²) in [5, 5.41) is 11.5. The average molecular weight is 223 g/mol. The van der Waals surface area contributed by atoms with E-state index in [0.717, 1.165) is 31.2 Å². The van der Waals surface area contributed by atoms with E-state index in [1.807, 2.05) is 13.2 Å². The van der Waals surface area contributed by atoms with Gasteiger partial charge in [0.05, 0.1) is 5.69 Å². The first-order valence-corrected chi connectivity index (χ1v) is 5.98. The Balaban J connectivity index is 1.77. The molecule has 1 saturated heterocycles. The molecule has 1 aliphatic rings. The fraction of sp³-hybridized carbons (Fsp3) is 0.818. The van der Waals surface area contributed by atoms with Crippen LogP contribution in [-0.2, 0) is 13.6 Å². The minimum atomic E-state index is 0.787. The quantitative estimate of drug-likeness (QED) is 0.794. The van der Waals surface area contributed by atoms with Crippen LogP contribution in [0.2, 0.25) is 0 Å². The topological polar surface area (TPSA) is 46.0 Å². The van der Waals surface area contributed by atoms with Gasteiger partial charge in [0.25, 0.3) is 0 Å². The highest BCUT2D eigenvalue weighted by Crippen LogP contribution is 2.11. The Morgan fingerprint density at radius 3 is 3.12 bits per heavy atom. The van der Waals surface area contributed by atoms with E-state index >= 15 is 0 Å². The maximum Gasteiger partial charge on any atom is 0.0966 e.